The molecule has 6 heteroatoms. The lowest BCUT2D eigenvalue weighted by Gasteiger charge is -2.19. The smallest absolute Gasteiger partial charge is 0.250 e. The molecule has 52 heavy (non-hydrogen) atoms. The summed E-state index contributed by atoms with van der Waals surface area (Å²) >= 11 is 0. The molecule has 0 amide bonds. The number of aliphatic imine (C=N–C) groups is 1. The summed E-state index contributed by atoms with van der Waals surface area (Å²) in [6, 6.07) is 34.7. The number of allylic oxidation sites excluding steroid dienone is 8. The maximum atomic E-state index is 5.30. The molecule has 244 valence electrons. The Morgan fingerprint density at radius 1 is 0.615 bits per heavy atom. The van der Waals surface area contributed by atoms with Gasteiger partial charge in [0.15, 0.2) is 11.5 Å². The second-order valence-electron chi connectivity index (χ2n) is 13.4. The summed E-state index contributed by atoms with van der Waals surface area (Å²) in [5, 5.41) is 3.60. The molecule has 0 saturated carbocycles. The maximum Gasteiger partial charge on any atom is 0.352 e. The van der Waals surface area contributed by atoms with Crippen LogP contribution in [0.2, 0.25) is 0 Å². The van der Waals surface area contributed by atoms with E-state index >= 15 is 0 Å². The molecule has 0 saturated heterocycles. The molecule has 6 nitrogen and oxygen atoms in total. The molecule has 0 unspecified atom stereocenters. The molecule has 0 N–H and O–H groups in total. The number of hydrogen-bond acceptors (Lipinski definition) is 4. The molecule has 0 bridgehead atoms. The van der Waals surface area contributed by atoms with Crippen molar-refractivity contribution in [2.45, 2.75) is 25.7 Å². The third-order valence-electron chi connectivity index (χ3n) is 10.2. The lowest BCUT2D eigenvalue weighted by atomic mass is 9.93. The van der Waals surface area contributed by atoms with Gasteiger partial charge in [-0.05, 0) is 88.6 Å². The molecule has 4 aromatic carbocycles. The molecule has 3 aliphatic heterocycles. The number of rotatable bonds is 6. The van der Waals surface area contributed by atoms with Crippen LogP contribution in [0.15, 0.2) is 132 Å². The van der Waals surface area contributed by atoms with E-state index in [4.69, 9.17) is 19.9 Å². The van der Waals surface area contributed by atoms with Crippen molar-refractivity contribution in [3.8, 4) is 11.1 Å². The van der Waals surface area contributed by atoms with Crippen molar-refractivity contribution in [3.63, 3.8) is 0 Å². The summed E-state index contributed by atoms with van der Waals surface area (Å²) in [5.74, 6) is 0.674. The topological polar surface area (TPSA) is 79.2 Å². The predicted molar refractivity (Wildman–Crippen MR) is 217 cm³/mol. The first-order valence-electron chi connectivity index (χ1n) is 17.8. The van der Waals surface area contributed by atoms with Crippen molar-refractivity contribution in [1.29, 1.82) is 0 Å². The van der Waals surface area contributed by atoms with Crippen LogP contribution in [-0.4, -0.2) is 45.0 Å². The molecule has 10 rings (SSSR count). The van der Waals surface area contributed by atoms with Crippen LogP contribution in [0.3, 0.4) is 0 Å². The first-order chi connectivity index (χ1) is 25.7. The van der Waals surface area contributed by atoms with E-state index in [2.05, 4.69) is 112 Å². The molecule has 6 aromatic rings. The largest absolute Gasteiger partial charge is 0.352 e. The van der Waals surface area contributed by atoms with Crippen molar-refractivity contribution in [1.82, 2.24) is 24.3 Å². The first kappa shape index (κ1) is 30.0. The van der Waals surface area contributed by atoms with Gasteiger partial charge in [-0.1, -0.05) is 89.6 Å². The van der Waals surface area contributed by atoms with E-state index < -0.39 is 0 Å². The highest BCUT2D eigenvalue weighted by Crippen LogP contribution is 2.37. The van der Waals surface area contributed by atoms with Crippen molar-refractivity contribution in [3.05, 3.63) is 161 Å². The van der Waals surface area contributed by atoms with Crippen molar-refractivity contribution in [2.24, 2.45) is 4.99 Å². The minimum Gasteiger partial charge on any atom is -0.250 e. The number of hydrogen-bond donors (Lipinski definition) is 0. The van der Waals surface area contributed by atoms with Crippen LogP contribution >= 0.6 is 0 Å². The molecule has 4 aliphatic rings. The van der Waals surface area contributed by atoms with E-state index in [9.17, 15) is 0 Å². The van der Waals surface area contributed by atoms with Gasteiger partial charge in [0, 0.05) is 34.9 Å². The second kappa shape index (κ2) is 12.5. The average Bonchev–Trinajstić information content (AvgIpc) is 3.97. The standard InChI is InChI=1S/C46H32N6/c1-2-6-34-25-35(17-12-29(34)5-1)30-10-13-31(14-11-30)39-20-18-32-15-16-33-19-21-40(50-45(33)44(32)49-39)36-7-3-8-37(26-36)46-51-42(38-22-24-47-28-38)27-43(52-46)41-9-4-23-48-41/h1-2,4-6,8-17,19,21-28H,3,7,18,20H2/q+2. The Kier molecular flexibility index (Phi) is 7.21. The minimum atomic E-state index is 0.674. The monoisotopic (exact) mass is 668 g/mol. The van der Waals surface area contributed by atoms with Crippen LogP contribution in [0, 0.1) is 0 Å². The van der Waals surface area contributed by atoms with Gasteiger partial charge in [0.2, 0.25) is 0 Å². The van der Waals surface area contributed by atoms with Crippen LogP contribution in [0.5, 0.6) is 0 Å². The van der Waals surface area contributed by atoms with E-state index in [-0.39, 0.29) is 0 Å². The van der Waals surface area contributed by atoms with Crippen molar-refractivity contribution < 1.29 is 0 Å². The lowest BCUT2D eigenvalue weighted by Crippen LogP contribution is -2.09. The van der Waals surface area contributed by atoms with Gasteiger partial charge in [-0.25, -0.2) is 15.0 Å². The van der Waals surface area contributed by atoms with E-state index in [0.717, 1.165) is 87.5 Å². The zero-order valence-corrected chi connectivity index (χ0v) is 28.4. The Morgan fingerprint density at radius 2 is 1.44 bits per heavy atom. The Bertz CT molecular complexity index is 2800. The molecule has 5 heterocycles. The SMILES string of the molecule is C1=CC(c2cc(C3=CC=[N+]=C3)nc(C3=CCCC(c4ccc5ccc6c(c5n4)N=C(c4ccc(-c5ccc7ccccc7c5)cc4)CC6)=C3)n2)=[N+]=C1. The van der Waals surface area contributed by atoms with Crippen LogP contribution in [-0.2, 0) is 6.42 Å². The van der Waals surface area contributed by atoms with E-state index in [0.29, 0.717) is 5.82 Å². The normalized spacial score (nSPS) is 15.8. The third kappa shape index (κ3) is 5.49. The van der Waals surface area contributed by atoms with Gasteiger partial charge in [0.05, 0.1) is 28.2 Å². The highest BCUT2D eigenvalue weighted by molar-refractivity contribution is 6.18. The lowest BCUT2D eigenvalue weighted by molar-refractivity contribution is 1.01. The van der Waals surface area contributed by atoms with Gasteiger partial charge in [-0.15, -0.1) is 4.67 Å². The number of pyridine rings is 1. The van der Waals surface area contributed by atoms with Crippen LogP contribution in [0.1, 0.15) is 53.3 Å². The molecule has 2 aromatic heterocycles. The van der Waals surface area contributed by atoms with Gasteiger partial charge in [0.1, 0.15) is 0 Å². The van der Waals surface area contributed by atoms with Crippen LogP contribution in [0.25, 0.3) is 49.5 Å². The van der Waals surface area contributed by atoms with E-state index in [1.165, 1.54) is 33.0 Å². The fraction of sp³-hybridized carbons (Fsp3) is 0.0870. The van der Waals surface area contributed by atoms with E-state index in [1.54, 1.807) is 12.4 Å². The van der Waals surface area contributed by atoms with Gasteiger partial charge in [-0.2, -0.15) is 0 Å². The summed E-state index contributed by atoms with van der Waals surface area (Å²) < 4.78 is 8.78. The fourth-order valence-corrected chi connectivity index (χ4v) is 7.41. The summed E-state index contributed by atoms with van der Waals surface area (Å²) in [6.07, 6.45) is 19.3. The van der Waals surface area contributed by atoms with Gasteiger partial charge in [-0.3, -0.25) is 4.99 Å². The molecule has 1 aliphatic carbocycles. The summed E-state index contributed by atoms with van der Waals surface area (Å²) in [4.78, 5) is 20.6. The Morgan fingerprint density at radius 3 is 2.31 bits per heavy atom. The number of aromatic nitrogens is 3. The highest BCUT2D eigenvalue weighted by Gasteiger charge is 2.23. The molecular formula is C46H32N6+2. The van der Waals surface area contributed by atoms with Crippen LogP contribution in [0.4, 0.5) is 5.69 Å². The maximum absolute atomic E-state index is 5.30. The highest BCUT2D eigenvalue weighted by atomic mass is 14.9. The number of nitrogens with zero attached hydrogens (tertiary/aromatic N) is 6. The Labute approximate surface area is 300 Å². The Balaban J connectivity index is 0.983. The first-order valence-corrected chi connectivity index (χ1v) is 17.8. The van der Waals surface area contributed by atoms with Gasteiger partial charge in [0.25, 0.3) is 12.4 Å². The van der Waals surface area contributed by atoms with Crippen molar-refractivity contribution in [2.75, 3.05) is 0 Å². The third-order valence-corrected chi connectivity index (χ3v) is 10.2. The molecular weight excluding hydrogens is 637 g/mol. The van der Waals surface area contributed by atoms with E-state index in [1.807, 2.05) is 30.5 Å². The summed E-state index contributed by atoms with van der Waals surface area (Å²) in [6.45, 7) is 0. The van der Waals surface area contributed by atoms with Gasteiger partial charge >= 0.3 is 11.9 Å². The van der Waals surface area contributed by atoms with Crippen LogP contribution < -0.4 is 9.34 Å². The summed E-state index contributed by atoms with van der Waals surface area (Å²) in [7, 11) is 0. The minimum absolute atomic E-state index is 0.674. The fourth-order valence-electron chi connectivity index (χ4n) is 7.41. The predicted octanol–water partition coefficient (Wildman–Crippen LogP) is 8.28. The Hall–Kier alpha value is -6.84. The van der Waals surface area contributed by atoms with Gasteiger partial charge < -0.3 is 0 Å². The second-order valence-corrected chi connectivity index (χ2v) is 13.4. The van der Waals surface area contributed by atoms with Crippen molar-refractivity contribution >= 4 is 74.1 Å². The zero-order valence-electron chi connectivity index (χ0n) is 28.4. The molecule has 0 spiro atoms. The molecule has 0 radical (unpaired) electrons. The molecule has 0 atom stereocenters. The quantitative estimate of drug-likeness (QED) is 0.168. The summed E-state index contributed by atoms with van der Waals surface area (Å²) in [5.41, 5.74) is 14.4. The molecule has 0 fully saturated rings. The number of benzene rings is 4. The number of fused-ring (bicyclic) bond motifs is 4. The average molecular weight is 669 g/mol. The zero-order chi connectivity index (χ0) is 34.4. The number of aryl methyl sites for hydroxylation is 1.